The Kier molecular flexibility index (Phi) is 5.59. The van der Waals surface area contributed by atoms with E-state index in [2.05, 4.69) is 10.3 Å². The number of aromatic nitrogens is 1. The zero-order valence-corrected chi connectivity index (χ0v) is 14.5. The van der Waals surface area contributed by atoms with Crippen molar-refractivity contribution in [3.63, 3.8) is 0 Å². The molecule has 3 aromatic rings. The number of nitrogens with zero attached hydrogens (tertiary/aromatic N) is 2. The van der Waals surface area contributed by atoms with Gasteiger partial charge in [0.15, 0.2) is 0 Å². The zero-order valence-electron chi connectivity index (χ0n) is 14.5. The minimum absolute atomic E-state index is 0.149. The number of carbonyl (C=O) groups excluding carboxylic acids is 1. The van der Waals surface area contributed by atoms with Gasteiger partial charge < -0.3 is 10.2 Å². The molecule has 26 heavy (non-hydrogen) atoms. The lowest BCUT2D eigenvalue weighted by Gasteiger charge is -2.20. The Morgan fingerprint density at radius 2 is 1.81 bits per heavy atom. The van der Waals surface area contributed by atoms with Crippen LogP contribution in [0.1, 0.15) is 23.0 Å². The molecule has 5 heteroatoms. The van der Waals surface area contributed by atoms with Gasteiger partial charge in [-0.05, 0) is 48.9 Å². The Labute approximate surface area is 152 Å². The summed E-state index contributed by atoms with van der Waals surface area (Å²) in [6.45, 7) is 3.02. The summed E-state index contributed by atoms with van der Waals surface area (Å²) in [6, 6.07) is 19.4. The normalized spacial score (nSPS) is 10.4. The van der Waals surface area contributed by atoms with Gasteiger partial charge in [0.05, 0.1) is 0 Å². The second-order valence-electron chi connectivity index (χ2n) is 5.79. The van der Waals surface area contributed by atoms with Crippen LogP contribution in [0.3, 0.4) is 0 Å². The van der Waals surface area contributed by atoms with Gasteiger partial charge in [-0.15, -0.1) is 0 Å². The number of pyridine rings is 1. The first-order chi connectivity index (χ1) is 12.7. The molecule has 0 aliphatic carbocycles. The number of halogens is 1. The maximum atomic E-state index is 13.0. The Morgan fingerprint density at radius 1 is 1.08 bits per heavy atom. The van der Waals surface area contributed by atoms with Crippen LogP contribution in [0.25, 0.3) is 0 Å². The molecule has 1 aromatic heterocycles. The van der Waals surface area contributed by atoms with E-state index >= 15 is 0 Å². The molecule has 3 rings (SSSR count). The van der Waals surface area contributed by atoms with Gasteiger partial charge in [0.2, 0.25) is 0 Å². The molecule has 4 nitrogen and oxygen atoms in total. The molecule has 0 aliphatic rings. The molecule has 0 spiro atoms. The van der Waals surface area contributed by atoms with Crippen molar-refractivity contribution >= 4 is 17.3 Å². The molecule has 0 saturated heterocycles. The summed E-state index contributed by atoms with van der Waals surface area (Å²) in [6.07, 6.45) is 1.61. The number of nitrogens with one attached hydrogen (secondary N) is 1. The molecule has 2 aromatic carbocycles. The molecule has 132 valence electrons. The minimum Gasteiger partial charge on any atom is -0.381 e. The number of hydrogen-bond acceptors (Lipinski definition) is 3. The highest BCUT2D eigenvalue weighted by molar-refractivity contribution is 6.05. The van der Waals surface area contributed by atoms with Crippen LogP contribution in [-0.2, 0) is 6.54 Å². The number of para-hydroxylation sites is 1. The number of benzene rings is 2. The van der Waals surface area contributed by atoms with Crippen LogP contribution in [-0.4, -0.2) is 17.4 Å². The topological polar surface area (TPSA) is 45.2 Å². The molecule has 0 aliphatic heterocycles. The molecule has 0 fully saturated rings. The smallest absolute Gasteiger partial charge is 0.276 e. The fourth-order valence-corrected chi connectivity index (χ4v) is 2.65. The lowest BCUT2D eigenvalue weighted by Crippen LogP contribution is -2.31. The van der Waals surface area contributed by atoms with Crippen molar-refractivity contribution in [2.75, 3.05) is 16.8 Å². The summed E-state index contributed by atoms with van der Waals surface area (Å²) < 4.78 is 13.0. The number of carbonyl (C=O) groups is 1. The van der Waals surface area contributed by atoms with Gasteiger partial charge in [-0.25, -0.2) is 4.39 Å². The van der Waals surface area contributed by atoms with Crippen molar-refractivity contribution < 1.29 is 9.18 Å². The second kappa shape index (κ2) is 8.25. The molecule has 0 radical (unpaired) electrons. The Hall–Kier alpha value is -3.21. The average Bonchev–Trinajstić information content (AvgIpc) is 2.69. The molecule has 1 heterocycles. The van der Waals surface area contributed by atoms with E-state index in [4.69, 9.17) is 0 Å². The van der Waals surface area contributed by atoms with Gasteiger partial charge in [-0.3, -0.25) is 9.78 Å². The van der Waals surface area contributed by atoms with E-state index in [9.17, 15) is 9.18 Å². The zero-order chi connectivity index (χ0) is 18.4. The summed E-state index contributed by atoms with van der Waals surface area (Å²) in [4.78, 5) is 18.7. The standard InChI is InChI=1S/C21H20FN3O/c1-2-25(19-6-4-3-5-7-19)21(26)20-14-18(12-13-23-20)24-15-16-8-10-17(22)11-9-16/h3-14H,2,15H2,1H3,(H,23,24). The maximum Gasteiger partial charge on any atom is 0.276 e. The van der Waals surface area contributed by atoms with Gasteiger partial charge in [-0.2, -0.15) is 0 Å². The first-order valence-electron chi connectivity index (χ1n) is 8.48. The lowest BCUT2D eigenvalue weighted by atomic mass is 10.2. The van der Waals surface area contributed by atoms with E-state index in [1.165, 1.54) is 12.1 Å². The summed E-state index contributed by atoms with van der Waals surface area (Å²) >= 11 is 0. The third-order valence-electron chi connectivity index (χ3n) is 4.02. The molecule has 1 amide bonds. The molecule has 0 unspecified atom stereocenters. The third kappa shape index (κ3) is 4.25. The second-order valence-corrected chi connectivity index (χ2v) is 5.79. The monoisotopic (exact) mass is 349 g/mol. The predicted molar refractivity (Wildman–Crippen MR) is 102 cm³/mol. The molecular formula is C21H20FN3O. The van der Waals surface area contributed by atoms with Gasteiger partial charge >= 0.3 is 0 Å². The molecule has 0 bridgehead atoms. The van der Waals surface area contributed by atoms with Crippen molar-refractivity contribution in [3.8, 4) is 0 Å². The minimum atomic E-state index is -0.258. The Bertz CT molecular complexity index is 866. The van der Waals surface area contributed by atoms with Crippen LogP contribution in [0.5, 0.6) is 0 Å². The number of rotatable bonds is 6. The molecule has 0 atom stereocenters. The van der Waals surface area contributed by atoms with Crippen molar-refractivity contribution in [3.05, 3.63) is 90.0 Å². The van der Waals surface area contributed by atoms with Crippen LogP contribution < -0.4 is 10.2 Å². The maximum absolute atomic E-state index is 13.0. The van der Waals surface area contributed by atoms with Gasteiger partial charge in [0, 0.05) is 30.7 Å². The molecule has 0 saturated carbocycles. The van der Waals surface area contributed by atoms with E-state index in [1.807, 2.05) is 37.3 Å². The predicted octanol–water partition coefficient (Wildman–Crippen LogP) is 4.50. The molecular weight excluding hydrogens is 329 g/mol. The van der Waals surface area contributed by atoms with Crippen molar-refractivity contribution in [1.82, 2.24) is 4.98 Å². The Balaban J connectivity index is 1.73. The highest BCUT2D eigenvalue weighted by Crippen LogP contribution is 2.18. The SMILES string of the molecule is CCN(C(=O)c1cc(NCc2ccc(F)cc2)ccn1)c1ccccc1. The van der Waals surface area contributed by atoms with Crippen LogP contribution in [0.15, 0.2) is 72.9 Å². The third-order valence-corrected chi connectivity index (χ3v) is 4.02. The summed E-state index contributed by atoms with van der Waals surface area (Å²) in [7, 11) is 0. The fourth-order valence-electron chi connectivity index (χ4n) is 2.65. The first kappa shape index (κ1) is 17.6. The average molecular weight is 349 g/mol. The highest BCUT2D eigenvalue weighted by atomic mass is 19.1. The van der Waals surface area contributed by atoms with Crippen LogP contribution in [0, 0.1) is 5.82 Å². The summed E-state index contributed by atoms with van der Waals surface area (Å²) in [5.41, 5.74) is 2.96. The quantitative estimate of drug-likeness (QED) is 0.713. The van der Waals surface area contributed by atoms with E-state index in [-0.39, 0.29) is 11.7 Å². The van der Waals surface area contributed by atoms with Crippen LogP contribution in [0.2, 0.25) is 0 Å². The van der Waals surface area contributed by atoms with E-state index < -0.39 is 0 Å². The van der Waals surface area contributed by atoms with Gasteiger partial charge in [-0.1, -0.05) is 30.3 Å². The Morgan fingerprint density at radius 3 is 2.50 bits per heavy atom. The number of amides is 1. The summed E-state index contributed by atoms with van der Waals surface area (Å²) in [5, 5.41) is 3.24. The fraction of sp³-hybridized carbons (Fsp3) is 0.143. The van der Waals surface area contributed by atoms with E-state index in [1.54, 1.807) is 35.4 Å². The first-order valence-corrected chi connectivity index (χ1v) is 8.48. The van der Waals surface area contributed by atoms with Crippen LogP contribution in [0.4, 0.5) is 15.8 Å². The van der Waals surface area contributed by atoms with Crippen molar-refractivity contribution in [2.45, 2.75) is 13.5 Å². The van der Waals surface area contributed by atoms with Gasteiger partial charge in [0.1, 0.15) is 11.5 Å². The summed E-state index contributed by atoms with van der Waals surface area (Å²) in [5.74, 6) is -0.407. The van der Waals surface area contributed by atoms with Crippen LogP contribution >= 0.6 is 0 Å². The number of anilines is 2. The van der Waals surface area contributed by atoms with E-state index in [0.29, 0.717) is 18.8 Å². The molecule has 1 N–H and O–H groups in total. The largest absolute Gasteiger partial charge is 0.381 e. The van der Waals surface area contributed by atoms with E-state index in [0.717, 1.165) is 16.9 Å². The highest BCUT2D eigenvalue weighted by Gasteiger charge is 2.17. The van der Waals surface area contributed by atoms with Gasteiger partial charge in [0.25, 0.3) is 5.91 Å². The lowest BCUT2D eigenvalue weighted by molar-refractivity contribution is 0.0983. The van der Waals surface area contributed by atoms with Crippen molar-refractivity contribution in [1.29, 1.82) is 0 Å². The van der Waals surface area contributed by atoms with Crippen molar-refractivity contribution in [2.24, 2.45) is 0 Å². The number of hydrogen-bond donors (Lipinski definition) is 1.